The van der Waals surface area contributed by atoms with E-state index in [2.05, 4.69) is 5.32 Å². The molecule has 1 aromatic heterocycles. The molecule has 2 rings (SSSR count). The number of anilines is 1. The van der Waals surface area contributed by atoms with Crippen molar-refractivity contribution in [3.63, 3.8) is 0 Å². The second kappa shape index (κ2) is 6.35. The van der Waals surface area contributed by atoms with Crippen molar-refractivity contribution in [2.45, 2.75) is 26.7 Å². The zero-order chi connectivity index (χ0) is 16.5. The first-order chi connectivity index (χ1) is 10.3. The number of carboxylic acid groups (broad SMARTS) is 1. The van der Waals surface area contributed by atoms with Crippen LogP contribution in [0.15, 0.2) is 0 Å². The van der Waals surface area contributed by atoms with Gasteiger partial charge in [0.15, 0.2) is 0 Å². The average molecular weight is 346 g/mol. The third-order valence-corrected chi connectivity index (χ3v) is 6.52. The Morgan fingerprint density at radius 2 is 2.09 bits per heavy atom. The number of hydrogen-bond acceptors (Lipinski definition) is 5. The van der Waals surface area contributed by atoms with E-state index in [1.54, 1.807) is 6.92 Å². The molecular weight excluding hydrogens is 328 g/mol. The molecule has 2 N–H and O–H groups in total. The summed E-state index contributed by atoms with van der Waals surface area (Å²) in [7, 11) is -3.35. The van der Waals surface area contributed by atoms with Crippen LogP contribution in [-0.4, -0.2) is 48.5 Å². The molecule has 0 bridgehead atoms. The number of rotatable bonds is 5. The molecule has 1 aliphatic rings. The summed E-state index contributed by atoms with van der Waals surface area (Å²) < 4.78 is 24.5. The van der Waals surface area contributed by atoms with E-state index in [9.17, 15) is 23.1 Å². The molecule has 2 heterocycles. The molecule has 122 valence electrons. The van der Waals surface area contributed by atoms with E-state index >= 15 is 0 Å². The minimum atomic E-state index is -3.35. The Balaban J connectivity index is 2.17. The third kappa shape index (κ3) is 3.31. The topological polar surface area (TPSA) is 104 Å². The van der Waals surface area contributed by atoms with Gasteiger partial charge in [-0.1, -0.05) is 6.92 Å². The largest absolute Gasteiger partial charge is 0.478 e. The zero-order valence-electron chi connectivity index (χ0n) is 12.4. The highest BCUT2D eigenvalue weighted by atomic mass is 32.2. The Morgan fingerprint density at radius 3 is 2.59 bits per heavy atom. The fraction of sp³-hybridized carbons (Fsp3) is 0.538. The summed E-state index contributed by atoms with van der Waals surface area (Å²) in [6.07, 6.45) is 1.06. The fourth-order valence-electron chi connectivity index (χ4n) is 2.51. The zero-order valence-corrected chi connectivity index (χ0v) is 14.0. The molecule has 9 heteroatoms. The smallest absolute Gasteiger partial charge is 0.339 e. The molecule has 0 saturated carbocycles. The lowest BCUT2D eigenvalue weighted by atomic mass is 10.1. The van der Waals surface area contributed by atoms with Gasteiger partial charge < -0.3 is 10.4 Å². The molecule has 0 spiro atoms. The summed E-state index contributed by atoms with van der Waals surface area (Å²) in [6.45, 7) is 3.70. The van der Waals surface area contributed by atoms with Crippen LogP contribution in [0.25, 0.3) is 0 Å². The van der Waals surface area contributed by atoms with Crippen molar-refractivity contribution in [1.29, 1.82) is 0 Å². The monoisotopic (exact) mass is 346 g/mol. The number of aromatic carboxylic acids is 1. The molecule has 0 radical (unpaired) electrons. The van der Waals surface area contributed by atoms with E-state index in [4.69, 9.17) is 0 Å². The lowest BCUT2D eigenvalue weighted by Gasteiger charge is -2.13. The Labute approximate surface area is 133 Å². The predicted molar refractivity (Wildman–Crippen MR) is 84.0 cm³/mol. The molecule has 0 unspecified atom stereocenters. The highest BCUT2D eigenvalue weighted by molar-refractivity contribution is 7.89. The summed E-state index contributed by atoms with van der Waals surface area (Å²) in [6, 6.07) is 0. The molecule has 1 aliphatic heterocycles. The minimum Gasteiger partial charge on any atom is -0.478 e. The predicted octanol–water partition coefficient (Wildman–Crippen LogP) is 1.29. The normalized spacial score (nSPS) is 17.5. The number of carbonyl (C=O) groups is 2. The number of carbonyl (C=O) groups excluding carboxylic acids is 1. The number of nitrogens with zero attached hydrogens (tertiary/aromatic N) is 1. The van der Waals surface area contributed by atoms with Crippen LogP contribution in [-0.2, 0) is 21.2 Å². The van der Waals surface area contributed by atoms with Crippen molar-refractivity contribution < 1.29 is 23.1 Å². The summed E-state index contributed by atoms with van der Waals surface area (Å²) in [4.78, 5) is 24.3. The van der Waals surface area contributed by atoms with E-state index in [1.165, 1.54) is 11.3 Å². The van der Waals surface area contributed by atoms with Gasteiger partial charge in [-0.05, 0) is 25.3 Å². The van der Waals surface area contributed by atoms with Gasteiger partial charge in [0.05, 0.1) is 17.9 Å². The van der Waals surface area contributed by atoms with Gasteiger partial charge in [0, 0.05) is 11.4 Å². The summed E-state index contributed by atoms with van der Waals surface area (Å²) in [5.74, 6) is -1.55. The lowest BCUT2D eigenvalue weighted by Crippen LogP contribution is -2.34. The van der Waals surface area contributed by atoms with Crippen LogP contribution >= 0.6 is 11.3 Å². The molecule has 0 aliphatic carbocycles. The highest BCUT2D eigenvalue weighted by Crippen LogP contribution is 2.33. The molecular formula is C13H18N2O5S2. The molecule has 22 heavy (non-hydrogen) atoms. The van der Waals surface area contributed by atoms with Crippen LogP contribution in [0, 0.1) is 6.92 Å². The molecule has 1 saturated heterocycles. The fourth-order valence-corrected chi connectivity index (χ4v) is 5.14. The number of nitrogens with one attached hydrogen (secondary N) is 1. The number of carboxylic acids is 1. The Bertz CT molecular complexity index is 708. The van der Waals surface area contributed by atoms with E-state index in [0.717, 1.165) is 9.18 Å². The van der Waals surface area contributed by atoms with Gasteiger partial charge in [0.1, 0.15) is 5.00 Å². The quantitative estimate of drug-likeness (QED) is 0.836. The number of aryl methyl sites for hydroxylation is 1. The molecule has 1 fully saturated rings. The number of hydrogen-bond donors (Lipinski definition) is 2. The van der Waals surface area contributed by atoms with Gasteiger partial charge in [-0.15, -0.1) is 11.3 Å². The number of sulfonamides is 1. The SMILES string of the molecule is CCc1c(C)sc(NC(=O)CN2CCCS2(=O)=O)c1C(=O)O. The van der Waals surface area contributed by atoms with Crippen LogP contribution in [0.3, 0.4) is 0 Å². The Kier molecular flexibility index (Phi) is 4.88. The molecule has 0 atom stereocenters. The van der Waals surface area contributed by atoms with E-state index in [1.807, 2.05) is 6.92 Å². The minimum absolute atomic E-state index is 0.0543. The maximum atomic E-state index is 12.0. The molecule has 0 aromatic carbocycles. The van der Waals surface area contributed by atoms with Crippen molar-refractivity contribution in [2.75, 3.05) is 24.2 Å². The van der Waals surface area contributed by atoms with E-state index in [-0.39, 0.29) is 22.9 Å². The van der Waals surface area contributed by atoms with Gasteiger partial charge in [-0.2, -0.15) is 4.31 Å². The first-order valence-corrected chi connectivity index (χ1v) is 9.32. The maximum absolute atomic E-state index is 12.0. The van der Waals surface area contributed by atoms with Crippen LogP contribution in [0.1, 0.15) is 34.1 Å². The average Bonchev–Trinajstić information content (AvgIpc) is 2.89. The Hall–Kier alpha value is -1.45. The van der Waals surface area contributed by atoms with Crippen molar-refractivity contribution in [2.24, 2.45) is 0 Å². The van der Waals surface area contributed by atoms with Gasteiger partial charge in [0.25, 0.3) is 0 Å². The number of thiophene rings is 1. The van der Waals surface area contributed by atoms with Crippen molar-refractivity contribution >= 4 is 38.2 Å². The summed E-state index contributed by atoms with van der Waals surface area (Å²) >= 11 is 1.20. The van der Waals surface area contributed by atoms with Crippen LogP contribution in [0.4, 0.5) is 5.00 Å². The Morgan fingerprint density at radius 1 is 1.41 bits per heavy atom. The summed E-state index contributed by atoms with van der Waals surface area (Å²) in [5.41, 5.74) is 0.796. The highest BCUT2D eigenvalue weighted by Gasteiger charge is 2.30. The van der Waals surface area contributed by atoms with Crippen LogP contribution in [0.2, 0.25) is 0 Å². The molecule has 1 amide bonds. The maximum Gasteiger partial charge on any atom is 0.339 e. The third-order valence-electron chi connectivity index (χ3n) is 3.55. The van der Waals surface area contributed by atoms with Gasteiger partial charge in [0.2, 0.25) is 15.9 Å². The molecule has 7 nitrogen and oxygen atoms in total. The van der Waals surface area contributed by atoms with Gasteiger partial charge in [-0.3, -0.25) is 4.79 Å². The van der Waals surface area contributed by atoms with E-state index < -0.39 is 21.9 Å². The summed E-state index contributed by atoms with van der Waals surface area (Å²) in [5, 5.41) is 12.1. The first-order valence-electron chi connectivity index (χ1n) is 6.89. The van der Waals surface area contributed by atoms with Crippen LogP contribution < -0.4 is 5.32 Å². The standard InChI is InChI=1S/C13H18N2O5S2/c1-3-9-8(2)21-12(11(9)13(17)18)14-10(16)7-15-5-4-6-22(15,19)20/h3-7H2,1-2H3,(H,14,16)(H,17,18). The van der Waals surface area contributed by atoms with Crippen molar-refractivity contribution in [1.82, 2.24) is 4.31 Å². The van der Waals surface area contributed by atoms with E-state index in [0.29, 0.717) is 24.9 Å². The van der Waals surface area contributed by atoms with Crippen LogP contribution in [0.5, 0.6) is 0 Å². The second-order valence-electron chi connectivity index (χ2n) is 5.05. The molecule has 1 aromatic rings. The van der Waals surface area contributed by atoms with Gasteiger partial charge >= 0.3 is 5.97 Å². The lowest BCUT2D eigenvalue weighted by molar-refractivity contribution is -0.116. The van der Waals surface area contributed by atoms with Crippen molar-refractivity contribution in [3.05, 3.63) is 16.0 Å². The van der Waals surface area contributed by atoms with Gasteiger partial charge in [-0.25, -0.2) is 13.2 Å². The first kappa shape index (κ1) is 16.9. The van der Waals surface area contributed by atoms with Crippen molar-refractivity contribution in [3.8, 4) is 0 Å². The number of amides is 1. The second-order valence-corrected chi connectivity index (χ2v) is 8.36.